The van der Waals surface area contributed by atoms with Crippen molar-refractivity contribution >= 4 is 46.9 Å². The van der Waals surface area contributed by atoms with Gasteiger partial charge in [0.2, 0.25) is 0 Å². The van der Waals surface area contributed by atoms with Crippen LogP contribution in [0.2, 0.25) is 0 Å². The fourth-order valence-electron chi connectivity index (χ4n) is 4.27. The van der Waals surface area contributed by atoms with E-state index in [-0.39, 0.29) is 27.4 Å². The third-order valence-corrected chi connectivity index (χ3v) is 6.50. The van der Waals surface area contributed by atoms with Gasteiger partial charge in [-0.2, -0.15) is 0 Å². The number of carboxylic acids is 1. The Morgan fingerprint density at radius 2 is 1.67 bits per heavy atom. The van der Waals surface area contributed by atoms with Crippen LogP contribution in [0.3, 0.4) is 0 Å². The first kappa shape index (κ1) is 25.1. The average molecular weight is 502 g/mol. The number of thiocarbonyl (C=S) groups is 1. The van der Waals surface area contributed by atoms with E-state index in [1.165, 1.54) is 23.8 Å². The summed E-state index contributed by atoms with van der Waals surface area (Å²) in [6.07, 6.45) is 1.55. The Bertz CT molecular complexity index is 1440. The van der Waals surface area contributed by atoms with E-state index in [0.717, 1.165) is 27.5 Å². The molecule has 2 heterocycles. The molecular formula is C28H27N3O4S. The van der Waals surface area contributed by atoms with Crippen LogP contribution >= 0.6 is 12.2 Å². The highest BCUT2D eigenvalue weighted by Crippen LogP contribution is 2.28. The molecule has 1 saturated heterocycles. The van der Waals surface area contributed by atoms with Crippen LogP contribution in [-0.2, 0) is 15.0 Å². The van der Waals surface area contributed by atoms with Gasteiger partial charge in [0, 0.05) is 17.1 Å². The highest BCUT2D eigenvalue weighted by atomic mass is 32.1. The van der Waals surface area contributed by atoms with E-state index in [9.17, 15) is 19.5 Å². The first-order chi connectivity index (χ1) is 16.9. The largest absolute Gasteiger partial charge is 0.478 e. The van der Waals surface area contributed by atoms with Gasteiger partial charge >= 0.3 is 5.97 Å². The number of aryl methyl sites for hydroxylation is 1. The second kappa shape index (κ2) is 9.20. The van der Waals surface area contributed by atoms with Crippen LogP contribution in [-0.4, -0.2) is 32.6 Å². The predicted octanol–water partition coefficient (Wildman–Crippen LogP) is 4.92. The molecule has 8 heteroatoms. The van der Waals surface area contributed by atoms with Crippen molar-refractivity contribution < 1.29 is 19.5 Å². The van der Waals surface area contributed by atoms with Gasteiger partial charge in [-0.3, -0.25) is 19.8 Å². The summed E-state index contributed by atoms with van der Waals surface area (Å²) >= 11 is 5.24. The molecular weight excluding hydrogens is 474 g/mol. The third-order valence-electron chi connectivity index (χ3n) is 6.21. The molecule has 0 bridgehead atoms. The van der Waals surface area contributed by atoms with E-state index in [2.05, 4.69) is 54.9 Å². The van der Waals surface area contributed by atoms with Gasteiger partial charge < -0.3 is 9.67 Å². The van der Waals surface area contributed by atoms with Crippen LogP contribution in [0.1, 0.15) is 53.6 Å². The number of carboxylic acid groups (broad SMARTS) is 1. The van der Waals surface area contributed by atoms with Crippen molar-refractivity contribution in [2.45, 2.75) is 40.0 Å². The van der Waals surface area contributed by atoms with E-state index < -0.39 is 17.8 Å². The Morgan fingerprint density at radius 3 is 2.28 bits per heavy atom. The normalized spacial score (nSPS) is 15.4. The van der Waals surface area contributed by atoms with Gasteiger partial charge in [0.25, 0.3) is 11.8 Å². The van der Waals surface area contributed by atoms with Crippen LogP contribution in [0.4, 0.5) is 5.69 Å². The molecule has 2 amide bonds. The van der Waals surface area contributed by atoms with Crippen LogP contribution in [0, 0.1) is 13.8 Å². The monoisotopic (exact) mass is 501 g/mol. The highest BCUT2D eigenvalue weighted by Gasteiger charge is 2.35. The zero-order valence-corrected chi connectivity index (χ0v) is 21.6. The van der Waals surface area contributed by atoms with Crippen LogP contribution in [0.15, 0.2) is 60.2 Å². The SMILES string of the molecule is Cc1cc(C=C2C(=O)NC(=S)N(c3cccc(C(=O)O)c3)C2=O)c(C)n1-c1ccc(C(C)(C)C)cc1. The number of carbonyl (C=O) groups excluding carboxylic acids is 2. The summed E-state index contributed by atoms with van der Waals surface area (Å²) in [5.74, 6) is -2.35. The average Bonchev–Trinajstić information content (AvgIpc) is 3.08. The fraction of sp³-hybridized carbons (Fsp3) is 0.214. The summed E-state index contributed by atoms with van der Waals surface area (Å²) in [5, 5.41) is 11.8. The van der Waals surface area contributed by atoms with Crippen molar-refractivity contribution in [2.24, 2.45) is 0 Å². The fourth-order valence-corrected chi connectivity index (χ4v) is 4.55. The lowest BCUT2D eigenvalue weighted by Gasteiger charge is -2.29. The standard InChI is InChI=1S/C28H27N3O4S/c1-16-13-19(17(2)30(16)21-11-9-20(10-12-21)28(3,4)5)15-23-24(32)29-27(36)31(25(23)33)22-8-6-7-18(14-22)26(34)35/h6-15H,1-5H3,(H,34,35)(H,29,32,36). The van der Waals surface area contributed by atoms with E-state index in [1.54, 1.807) is 12.1 Å². The van der Waals surface area contributed by atoms with E-state index in [1.807, 2.05) is 19.9 Å². The van der Waals surface area contributed by atoms with Gasteiger partial charge in [0.15, 0.2) is 5.11 Å². The molecule has 1 aliphatic heterocycles. The van der Waals surface area contributed by atoms with E-state index in [0.29, 0.717) is 0 Å². The minimum absolute atomic E-state index is 0.00607. The third kappa shape index (κ3) is 4.59. The van der Waals surface area contributed by atoms with Crippen molar-refractivity contribution in [3.63, 3.8) is 0 Å². The number of amides is 2. The summed E-state index contributed by atoms with van der Waals surface area (Å²) in [7, 11) is 0. The quantitative estimate of drug-likeness (QED) is 0.301. The number of carbonyl (C=O) groups is 3. The van der Waals surface area contributed by atoms with E-state index in [4.69, 9.17) is 12.2 Å². The molecule has 0 spiro atoms. The lowest BCUT2D eigenvalue weighted by atomic mass is 9.87. The molecule has 184 valence electrons. The molecule has 0 atom stereocenters. The molecule has 0 unspecified atom stereocenters. The Hall–Kier alpha value is -4.04. The molecule has 2 N–H and O–H groups in total. The molecule has 3 aromatic rings. The van der Waals surface area contributed by atoms with Crippen LogP contribution in [0.25, 0.3) is 11.8 Å². The maximum absolute atomic E-state index is 13.4. The summed E-state index contributed by atoms with van der Waals surface area (Å²) in [6.45, 7) is 10.4. The number of aromatic nitrogens is 1. The Kier molecular flexibility index (Phi) is 6.41. The second-order valence-corrected chi connectivity index (χ2v) is 10.2. The summed E-state index contributed by atoms with van der Waals surface area (Å²) in [4.78, 5) is 38.7. The minimum atomic E-state index is -1.13. The molecule has 1 fully saturated rings. The first-order valence-corrected chi connectivity index (χ1v) is 11.8. The molecule has 0 aliphatic carbocycles. The van der Waals surface area contributed by atoms with Gasteiger partial charge in [-0.25, -0.2) is 4.79 Å². The molecule has 1 aromatic heterocycles. The smallest absolute Gasteiger partial charge is 0.335 e. The number of rotatable bonds is 4. The Morgan fingerprint density at radius 1 is 1.00 bits per heavy atom. The van der Waals surface area contributed by atoms with Gasteiger partial charge in [0.05, 0.1) is 11.3 Å². The second-order valence-electron chi connectivity index (χ2n) is 9.77. The van der Waals surface area contributed by atoms with E-state index >= 15 is 0 Å². The van der Waals surface area contributed by atoms with Crippen molar-refractivity contribution in [1.82, 2.24) is 9.88 Å². The summed E-state index contributed by atoms with van der Waals surface area (Å²) < 4.78 is 2.07. The first-order valence-electron chi connectivity index (χ1n) is 11.4. The molecule has 7 nitrogen and oxygen atoms in total. The number of nitrogens with one attached hydrogen (secondary N) is 1. The van der Waals surface area contributed by atoms with Gasteiger partial charge in [-0.05, 0) is 85.1 Å². The zero-order chi connectivity index (χ0) is 26.4. The summed E-state index contributed by atoms with van der Waals surface area (Å²) in [5.41, 5.74) is 4.97. The van der Waals surface area contributed by atoms with Crippen molar-refractivity contribution in [3.05, 3.63) is 88.2 Å². The lowest BCUT2D eigenvalue weighted by Crippen LogP contribution is -2.54. The predicted molar refractivity (Wildman–Crippen MR) is 144 cm³/mol. The zero-order valence-electron chi connectivity index (χ0n) is 20.7. The van der Waals surface area contributed by atoms with Gasteiger partial charge in [0.1, 0.15) is 5.57 Å². The molecule has 36 heavy (non-hydrogen) atoms. The number of nitrogens with zero attached hydrogens (tertiary/aromatic N) is 2. The number of anilines is 1. The maximum atomic E-state index is 13.4. The minimum Gasteiger partial charge on any atom is -0.478 e. The molecule has 2 aromatic carbocycles. The number of hydrogen-bond donors (Lipinski definition) is 2. The number of hydrogen-bond acceptors (Lipinski definition) is 4. The van der Waals surface area contributed by atoms with Gasteiger partial charge in [-0.1, -0.05) is 39.0 Å². The topological polar surface area (TPSA) is 91.6 Å². The molecule has 4 rings (SSSR count). The number of benzene rings is 2. The molecule has 0 saturated carbocycles. The Balaban J connectivity index is 1.73. The molecule has 0 radical (unpaired) electrons. The van der Waals surface area contributed by atoms with Gasteiger partial charge in [-0.15, -0.1) is 0 Å². The van der Waals surface area contributed by atoms with Crippen molar-refractivity contribution in [1.29, 1.82) is 0 Å². The van der Waals surface area contributed by atoms with Crippen LogP contribution in [0.5, 0.6) is 0 Å². The number of aromatic carboxylic acids is 1. The van der Waals surface area contributed by atoms with Crippen molar-refractivity contribution in [2.75, 3.05) is 4.90 Å². The Labute approximate surface area is 215 Å². The van der Waals surface area contributed by atoms with Crippen molar-refractivity contribution in [3.8, 4) is 5.69 Å². The van der Waals surface area contributed by atoms with Crippen LogP contribution < -0.4 is 10.2 Å². The molecule has 1 aliphatic rings. The highest BCUT2D eigenvalue weighted by molar-refractivity contribution is 7.80. The summed E-state index contributed by atoms with van der Waals surface area (Å²) in [6, 6.07) is 16.1. The maximum Gasteiger partial charge on any atom is 0.335 e. The lowest BCUT2D eigenvalue weighted by molar-refractivity contribution is -0.122.